The van der Waals surface area contributed by atoms with Crippen LogP contribution in [0.25, 0.3) is 0 Å². The molecule has 0 aliphatic carbocycles. The van der Waals surface area contributed by atoms with Gasteiger partial charge < -0.3 is 0 Å². The minimum Gasteiger partial charge on any atom is -0.204 e. The summed E-state index contributed by atoms with van der Waals surface area (Å²) >= 11 is 0. The Balaban J connectivity index is 0.00000288. The first-order chi connectivity index (χ1) is 10.6. The Kier molecular flexibility index (Phi) is 5.96. The topological polar surface area (TPSA) is 0 Å². The van der Waals surface area contributed by atoms with Gasteiger partial charge in [-0.1, -0.05) is 0 Å². The molecule has 0 aromatic heterocycles. The fourth-order valence-electron chi connectivity index (χ4n) is 1.79. The summed E-state index contributed by atoms with van der Waals surface area (Å²) in [5.74, 6) is -24.5. The molecule has 0 aliphatic rings. The summed E-state index contributed by atoms with van der Waals surface area (Å²) in [4.78, 5) is 0. The highest BCUT2D eigenvalue weighted by molar-refractivity contribution is 8.93. The van der Waals surface area contributed by atoms with Crippen LogP contribution in [0.1, 0.15) is 0 Å². The van der Waals surface area contributed by atoms with E-state index in [2.05, 4.69) is 0 Å². The summed E-state index contributed by atoms with van der Waals surface area (Å²) in [6.45, 7) is 0. The van der Waals surface area contributed by atoms with Gasteiger partial charge in [-0.2, -0.15) is 0 Å². The highest BCUT2D eigenvalue weighted by Crippen LogP contribution is 2.18. The summed E-state index contributed by atoms with van der Waals surface area (Å²) in [6, 6.07) is 0. The summed E-state index contributed by atoms with van der Waals surface area (Å²) in [7, 11) is -1.74. The SMILES string of the molecule is Br.Fc1c(F)c(F)c(Bc2c(F)c(F)c(F)c(F)c2F)c(F)c1F. The molecule has 2 rings (SSSR count). The van der Waals surface area contributed by atoms with Crippen molar-refractivity contribution in [3.63, 3.8) is 0 Å². The molecule has 0 N–H and O–H groups in total. The molecule has 0 aliphatic heterocycles. The van der Waals surface area contributed by atoms with Gasteiger partial charge in [-0.15, -0.1) is 17.0 Å². The minimum absolute atomic E-state index is 0. The van der Waals surface area contributed by atoms with Gasteiger partial charge in [-0.3, -0.25) is 0 Å². The zero-order chi connectivity index (χ0) is 17.6. The Hall–Kier alpha value is -1.72. The van der Waals surface area contributed by atoms with Crippen LogP contribution >= 0.6 is 17.0 Å². The summed E-state index contributed by atoms with van der Waals surface area (Å²) in [5.41, 5.74) is -3.46. The number of benzene rings is 2. The third-order valence-electron chi connectivity index (χ3n) is 2.95. The van der Waals surface area contributed by atoms with Crippen molar-refractivity contribution in [1.29, 1.82) is 0 Å². The van der Waals surface area contributed by atoms with Crippen LogP contribution in [-0.2, 0) is 0 Å². The minimum atomic E-state index is -2.53. The van der Waals surface area contributed by atoms with Crippen LogP contribution in [0.5, 0.6) is 0 Å². The zero-order valence-electron chi connectivity index (χ0n) is 10.9. The molecule has 0 heterocycles. The van der Waals surface area contributed by atoms with E-state index in [-0.39, 0.29) is 17.0 Å². The van der Waals surface area contributed by atoms with Gasteiger partial charge in [-0.25, -0.2) is 43.9 Å². The second-order valence-corrected chi connectivity index (χ2v) is 4.27. The average Bonchev–Trinajstić information content (AvgIpc) is 2.54. The van der Waals surface area contributed by atoms with Crippen molar-refractivity contribution in [2.75, 3.05) is 0 Å². The van der Waals surface area contributed by atoms with Crippen molar-refractivity contribution < 1.29 is 43.9 Å². The Morgan fingerprint density at radius 3 is 0.708 bits per heavy atom. The molecule has 12 heteroatoms. The fraction of sp³-hybridized carbons (Fsp3) is 0. The van der Waals surface area contributed by atoms with Crippen molar-refractivity contribution in [3.05, 3.63) is 58.2 Å². The lowest BCUT2D eigenvalue weighted by Crippen LogP contribution is -2.39. The van der Waals surface area contributed by atoms with Gasteiger partial charge in [-0.05, 0) is 10.9 Å². The molecule has 0 bridgehead atoms. The lowest BCUT2D eigenvalue weighted by atomic mass is 9.62. The first kappa shape index (κ1) is 20.3. The molecule has 0 atom stereocenters. The maximum Gasteiger partial charge on any atom is 0.208 e. The highest BCUT2D eigenvalue weighted by atomic mass is 79.9. The van der Waals surface area contributed by atoms with Crippen LogP contribution in [0, 0.1) is 58.2 Å². The largest absolute Gasteiger partial charge is 0.208 e. The van der Waals surface area contributed by atoms with E-state index in [0.717, 1.165) is 0 Å². The molecule has 0 amide bonds. The average molecular weight is 427 g/mol. The molecule has 0 fully saturated rings. The molecule has 0 spiro atoms. The fourth-order valence-corrected chi connectivity index (χ4v) is 1.79. The molecule has 2 aromatic rings. The van der Waals surface area contributed by atoms with Crippen LogP contribution in [0.2, 0.25) is 0 Å². The monoisotopic (exact) mass is 426 g/mol. The first-order valence-electron chi connectivity index (χ1n) is 5.60. The second-order valence-electron chi connectivity index (χ2n) is 4.27. The Morgan fingerprint density at radius 2 is 0.500 bits per heavy atom. The summed E-state index contributed by atoms with van der Waals surface area (Å²) < 4.78 is 131. The van der Waals surface area contributed by atoms with Crippen molar-refractivity contribution in [2.24, 2.45) is 0 Å². The van der Waals surface area contributed by atoms with E-state index in [9.17, 15) is 43.9 Å². The van der Waals surface area contributed by atoms with Gasteiger partial charge in [0.05, 0.1) is 0 Å². The summed E-state index contributed by atoms with van der Waals surface area (Å²) in [6.07, 6.45) is 0. The van der Waals surface area contributed by atoms with E-state index >= 15 is 0 Å². The van der Waals surface area contributed by atoms with Gasteiger partial charge in [0.25, 0.3) is 0 Å². The quantitative estimate of drug-likeness (QED) is 0.300. The van der Waals surface area contributed by atoms with Gasteiger partial charge in [0, 0.05) is 0 Å². The number of rotatable bonds is 2. The van der Waals surface area contributed by atoms with Crippen molar-refractivity contribution >= 4 is 35.2 Å². The van der Waals surface area contributed by atoms with E-state index in [1.165, 1.54) is 0 Å². The smallest absolute Gasteiger partial charge is 0.204 e. The Labute approximate surface area is 138 Å². The lowest BCUT2D eigenvalue weighted by molar-refractivity contribution is 0.382. The Bertz CT molecular complexity index is 697. The molecular weight excluding hydrogens is 425 g/mol. The first-order valence-corrected chi connectivity index (χ1v) is 5.60. The Morgan fingerprint density at radius 1 is 0.333 bits per heavy atom. The van der Waals surface area contributed by atoms with Crippen molar-refractivity contribution in [3.8, 4) is 0 Å². The van der Waals surface area contributed by atoms with Crippen molar-refractivity contribution in [2.45, 2.75) is 0 Å². The van der Waals surface area contributed by atoms with Gasteiger partial charge >= 0.3 is 0 Å². The molecule has 0 nitrogen and oxygen atoms in total. The molecule has 2 aromatic carbocycles. The van der Waals surface area contributed by atoms with Gasteiger partial charge in [0.2, 0.25) is 7.28 Å². The second kappa shape index (κ2) is 7.03. The molecule has 0 unspecified atom stereocenters. The van der Waals surface area contributed by atoms with Crippen LogP contribution in [0.3, 0.4) is 0 Å². The van der Waals surface area contributed by atoms with Crippen LogP contribution in [0.15, 0.2) is 0 Å². The molecular formula is C12H2BBrF10. The van der Waals surface area contributed by atoms with Gasteiger partial charge in [0.1, 0.15) is 0 Å². The third kappa shape index (κ3) is 2.98. The predicted octanol–water partition coefficient (Wildman–Crippen LogP) is 3.04. The maximum atomic E-state index is 13.4. The lowest BCUT2D eigenvalue weighted by Gasteiger charge is -2.10. The molecule has 0 radical (unpaired) electrons. The highest BCUT2D eigenvalue weighted by Gasteiger charge is 2.31. The van der Waals surface area contributed by atoms with E-state index in [0.29, 0.717) is 0 Å². The van der Waals surface area contributed by atoms with Crippen LogP contribution in [-0.4, -0.2) is 7.28 Å². The normalized spacial score (nSPS) is 10.6. The number of hydrogen-bond donors (Lipinski definition) is 0. The van der Waals surface area contributed by atoms with E-state index in [1.807, 2.05) is 0 Å². The number of halogens is 11. The van der Waals surface area contributed by atoms with Crippen molar-refractivity contribution in [1.82, 2.24) is 0 Å². The van der Waals surface area contributed by atoms with E-state index in [1.54, 1.807) is 0 Å². The molecule has 24 heavy (non-hydrogen) atoms. The molecule has 130 valence electrons. The molecule has 0 saturated carbocycles. The maximum absolute atomic E-state index is 13.4. The third-order valence-corrected chi connectivity index (χ3v) is 2.95. The van der Waals surface area contributed by atoms with Gasteiger partial charge in [0.15, 0.2) is 58.2 Å². The number of hydrogen-bond acceptors (Lipinski definition) is 0. The standard InChI is InChI=1S/C12HBF10.BrH/c14-3-1(4(15)8(19)11(22)7(3)18)13-2-5(16)9(20)12(23)10(21)6(2)17;/h13H;1H. The van der Waals surface area contributed by atoms with Crippen LogP contribution < -0.4 is 10.9 Å². The summed E-state index contributed by atoms with van der Waals surface area (Å²) in [5, 5.41) is 0. The molecule has 0 saturated heterocycles. The van der Waals surface area contributed by atoms with Crippen LogP contribution in [0.4, 0.5) is 43.9 Å². The van der Waals surface area contributed by atoms with E-state index < -0.39 is 76.4 Å². The van der Waals surface area contributed by atoms with E-state index in [4.69, 9.17) is 0 Å². The predicted molar refractivity (Wildman–Crippen MR) is 69.2 cm³/mol. The zero-order valence-corrected chi connectivity index (χ0v) is 12.6.